The Balaban J connectivity index is 1.97. The number of rotatable bonds is 4. The second kappa shape index (κ2) is 6.42. The summed E-state index contributed by atoms with van der Waals surface area (Å²) in [4.78, 5) is 8.54. The molecule has 0 aliphatic carbocycles. The monoisotopic (exact) mass is 331 g/mol. The first kappa shape index (κ1) is 14.9. The number of benzene rings is 2. The molecule has 4 nitrogen and oxygen atoms in total. The molecule has 0 aliphatic heterocycles. The molecule has 3 rings (SSSR count). The molecule has 0 saturated carbocycles. The lowest BCUT2D eigenvalue weighted by molar-refractivity contribution is 0.686. The van der Waals surface area contributed by atoms with Crippen molar-refractivity contribution >= 4 is 44.8 Å². The van der Waals surface area contributed by atoms with Gasteiger partial charge in [-0.1, -0.05) is 23.7 Å². The van der Waals surface area contributed by atoms with Gasteiger partial charge in [0.15, 0.2) is 0 Å². The van der Waals surface area contributed by atoms with E-state index in [-0.39, 0.29) is 0 Å². The molecular formula is C16H14ClN3OS. The zero-order valence-electron chi connectivity index (χ0n) is 11.9. The maximum Gasteiger partial charge on any atom is 0.141 e. The first-order valence-corrected chi connectivity index (χ1v) is 8.79. The van der Waals surface area contributed by atoms with Crippen LogP contribution in [0.25, 0.3) is 10.9 Å². The topological polar surface area (TPSA) is 54.9 Å². The molecule has 0 spiro atoms. The molecule has 6 heteroatoms. The van der Waals surface area contributed by atoms with Gasteiger partial charge in [-0.15, -0.1) is 0 Å². The summed E-state index contributed by atoms with van der Waals surface area (Å²) in [5.41, 5.74) is 2.59. The van der Waals surface area contributed by atoms with Crippen molar-refractivity contribution in [1.29, 1.82) is 0 Å². The molecule has 112 valence electrons. The van der Waals surface area contributed by atoms with E-state index >= 15 is 0 Å². The average Bonchev–Trinajstić information content (AvgIpc) is 2.50. The number of hydrogen-bond donors (Lipinski definition) is 1. The summed E-state index contributed by atoms with van der Waals surface area (Å²) >= 11 is 6.15. The maximum absolute atomic E-state index is 11.4. The highest BCUT2D eigenvalue weighted by molar-refractivity contribution is 7.83. The minimum atomic E-state index is -0.942. The lowest BCUT2D eigenvalue weighted by Crippen LogP contribution is -1.98. The molecule has 0 radical (unpaired) electrons. The minimum absolute atomic E-state index is 0.429. The van der Waals surface area contributed by atoms with Gasteiger partial charge < -0.3 is 5.32 Å². The summed E-state index contributed by atoms with van der Waals surface area (Å²) in [6.45, 7) is 0. The predicted molar refractivity (Wildman–Crippen MR) is 92.0 cm³/mol. The number of nitrogens with one attached hydrogen (secondary N) is 1. The molecule has 0 saturated heterocycles. The smallest absolute Gasteiger partial charge is 0.141 e. The Labute approximate surface area is 136 Å². The Bertz CT molecular complexity index is 848. The SMILES string of the molecule is CS(=O)Cc1cc(Nc2ncnc3ccccc23)ccc1Cl. The van der Waals surface area contributed by atoms with Gasteiger partial charge in [0.2, 0.25) is 0 Å². The summed E-state index contributed by atoms with van der Waals surface area (Å²) in [6.07, 6.45) is 3.19. The highest BCUT2D eigenvalue weighted by Gasteiger charge is 2.07. The van der Waals surface area contributed by atoms with E-state index in [1.54, 1.807) is 12.3 Å². The molecule has 1 aromatic heterocycles. The largest absolute Gasteiger partial charge is 0.340 e. The van der Waals surface area contributed by atoms with Crippen molar-refractivity contribution in [2.75, 3.05) is 11.6 Å². The molecule has 1 N–H and O–H groups in total. The lowest BCUT2D eigenvalue weighted by atomic mass is 10.2. The predicted octanol–water partition coefficient (Wildman–Crippen LogP) is 3.91. The normalized spacial score (nSPS) is 12.3. The lowest BCUT2D eigenvalue weighted by Gasteiger charge is -2.10. The molecule has 1 unspecified atom stereocenters. The Kier molecular flexibility index (Phi) is 4.36. The van der Waals surface area contributed by atoms with Crippen LogP contribution in [0.4, 0.5) is 11.5 Å². The second-order valence-electron chi connectivity index (χ2n) is 4.89. The first-order valence-electron chi connectivity index (χ1n) is 6.69. The van der Waals surface area contributed by atoms with Gasteiger partial charge in [-0.05, 0) is 35.9 Å². The number of nitrogens with zero attached hydrogens (tertiary/aromatic N) is 2. The molecule has 1 atom stereocenters. The number of aromatic nitrogens is 2. The maximum atomic E-state index is 11.4. The van der Waals surface area contributed by atoms with E-state index in [0.29, 0.717) is 10.8 Å². The van der Waals surface area contributed by atoms with Gasteiger partial charge >= 0.3 is 0 Å². The molecule has 1 heterocycles. The zero-order chi connectivity index (χ0) is 15.5. The molecule has 0 amide bonds. The van der Waals surface area contributed by atoms with Crippen molar-refractivity contribution in [1.82, 2.24) is 9.97 Å². The Morgan fingerprint density at radius 2 is 2.00 bits per heavy atom. The third kappa shape index (κ3) is 3.26. The molecule has 0 bridgehead atoms. The molecule has 22 heavy (non-hydrogen) atoms. The Morgan fingerprint density at radius 1 is 1.18 bits per heavy atom. The first-order chi connectivity index (χ1) is 10.6. The number of halogens is 1. The zero-order valence-corrected chi connectivity index (χ0v) is 13.5. The average molecular weight is 332 g/mol. The van der Waals surface area contributed by atoms with E-state index < -0.39 is 10.8 Å². The molecule has 0 fully saturated rings. The van der Waals surface area contributed by atoms with Crippen molar-refractivity contribution in [3.8, 4) is 0 Å². The van der Waals surface area contributed by atoms with Crippen molar-refractivity contribution in [2.24, 2.45) is 0 Å². The summed E-state index contributed by atoms with van der Waals surface area (Å²) in [7, 11) is -0.942. The van der Waals surface area contributed by atoms with E-state index in [1.807, 2.05) is 36.4 Å². The van der Waals surface area contributed by atoms with Gasteiger partial charge in [0.05, 0.1) is 5.52 Å². The fourth-order valence-corrected chi connectivity index (χ4v) is 3.16. The van der Waals surface area contributed by atoms with Crippen LogP contribution in [0.3, 0.4) is 0 Å². The van der Waals surface area contributed by atoms with Gasteiger partial charge in [0, 0.05) is 38.9 Å². The van der Waals surface area contributed by atoms with Crippen LogP contribution in [0.2, 0.25) is 5.02 Å². The van der Waals surface area contributed by atoms with Crippen LogP contribution in [-0.4, -0.2) is 20.4 Å². The van der Waals surface area contributed by atoms with Crippen molar-refractivity contribution < 1.29 is 4.21 Å². The van der Waals surface area contributed by atoms with Crippen molar-refractivity contribution in [3.63, 3.8) is 0 Å². The van der Waals surface area contributed by atoms with Crippen LogP contribution in [0.5, 0.6) is 0 Å². The fourth-order valence-electron chi connectivity index (χ4n) is 2.22. The molecule has 3 aromatic rings. The Hall–Kier alpha value is -1.98. The number of fused-ring (bicyclic) bond motifs is 1. The third-order valence-corrected chi connectivity index (χ3v) is 4.30. The number of anilines is 2. The van der Waals surface area contributed by atoms with Crippen LogP contribution >= 0.6 is 11.6 Å². The molecule has 0 aliphatic rings. The van der Waals surface area contributed by atoms with Gasteiger partial charge in [0.1, 0.15) is 12.1 Å². The fraction of sp³-hybridized carbons (Fsp3) is 0.125. The number of para-hydroxylation sites is 1. The second-order valence-corrected chi connectivity index (χ2v) is 6.73. The quantitative estimate of drug-likeness (QED) is 0.787. The summed E-state index contributed by atoms with van der Waals surface area (Å²) in [6, 6.07) is 13.4. The van der Waals surface area contributed by atoms with Gasteiger partial charge in [-0.2, -0.15) is 0 Å². The van der Waals surface area contributed by atoms with E-state index in [1.165, 1.54) is 6.33 Å². The minimum Gasteiger partial charge on any atom is -0.340 e. The van der Waals surface area contributed by atoms with Gasteiger partial charge in [-0.25, -0.2) is 9.97 Å². The highest BCUT2D eigenvalue weighted by Crippen LogP contribution is 2.26. The van der Waals surface area contributed by atoms with E-state index in [2.05, 4.69) is 15.3 Å². The summed E-state index contributed by atoms with van der Waals surface area (Å²) in [5.74, 6) is 1.16. The van der Waals surface area contributed by atoms with Crippen molar-refractivity contribution in [3.05, 3.63) is 59.4 Å². The van der Waals surface area contributed by atoms with Crippen molar-refractivity contribution in [2.45, 2.75) is 5.75 Å². The van der Waals surface area contributed by atoms with Crippen LogP contribution in [0, 0.1) is 0 Å². The summed E-state index contributed by atoms with van der Waals surface area (Å²) < 4.78 is 11.4. The standard InChI is InChI=1S/C16H14ClN3OS/c1-22(21)9-11-8-12(6-7-14(11)17)20-16-13-4-2-3-5-15(13)18-10-19-16/h2-8,10H,9H2,1H3,(H,18,19,20). The van der Waals surface area contributed by atoms with Gasteiger partial charge in [-0.3, -0.25) is 4.21 Å². The third-order valence-electron chi connectivity index (χ3n) is 3.21. The molecule has 2 aromatic carbocycles. The van der Waals surface area contributed by atoms with E-state index in [0.717, 1.165) is 28.0 Å². The Morgan fingerprint density at radius 3 is 2.82 bits per heavy atom. The van der Waals surface area contributed by atoms with Crippen LogP contribution in [-0.2, 0) is 16.6 Å². The molecular weight excluding hydrogens is 318 g/mol. The number of hydrogen-bond acceptors (Lipinski definition) is 4. The van der Waals surface area contributed by atoms with Crippen LogP contribution < -0.4 is 5.32 Å². The summed E-state index contributed by atoms with van der Waals surface area (Å²) in [5, 5.41) is 4.84. The van der Waals surface area contributed by atoms with E-state index in [4.69, 9.17) is 11.6 Å². The van der Waals surface area contributed by atoms with Crippen LogP contribution in [0.15, 0.2) is 48.8 Å². The van der Waals surface area contributed by atoms with Gasteiger partial charge in [0.25, 0.3) is 0 Å². The van der Waals surface area contributed by atoms with E-state index in [9.17, 15) is 4.21 Å². The highest BCUT2D eigenvalue weighted by atomic mass is 35.5. The van der Waals surface area contributed by atoms with Crippen LogP contribution in [0.1, 0.15) is 5.56 Å².